The topological polar surface area (TPSA) is 78.9 Å². The normalized spacial score (nSPS) is 13.1. The van der Waals surface area contributed by atoms with Gasteiger partial charge in [0.1, 0.15) is 0 Å². The lowest BCUT2D eigenvalue weighted by Crippen LogP contribution is -2.10. The third-order valence-corrected chi connectivity index (χ3v) is 7.41. The van der Waals surface area contributed by atoms with E-state index < -0.39 is 17.7 Å². The first-order valence-electron chi connectivity index (χ1n) is 9.55. The van der Waals surface area contributed by atoms with Crippen molar-refractivity contribution < 1.29 is 26.6 Å². The molecule has 0 radical (unpaired) electrons. The maximum absolute atomic E-state index is 13.4. The monoisotopic (exact) mass is 438 g/mol. The molecule has 0 aliphatic heterocycles. The summed E-state index contributed by atoms with van der Waals surface area (Å²) >= 11 is 0. The molecule has 0 saturated carbocycles. The molecule has 0 N–H and O–H groups in total. The van der Waals surface area contributed by atoms with E-state index in [9.17, 15) is 13.0 Å². The Morgan fingerprint density at radius 3 is 1.86 bits per heavy atom. The number of benzene rings is 2. The second kappa shape index (κ2) is 10.7. The summed E-state index contributed by atoms with van der Waals surface area (Å²) in [6, 6.07) is 16.8. The lowest BCUT2D eigenvalue weighted by Gasteiger charge is -2.22. The van der Waals surface area contributed by atoms with Gasteiger partial charge in [0.2, 0.25) is 9.84 Å². The SMILES string of the molecule is CCC/C(=C(/OP(=O)(OCC)OCC)c1ccccc1)S(=O)(=O)c1ccccc1. The van der Waals surface area contributed by atoms with Crippen LogP contribution in [0, 0.1) is 0 Å². The van der Waals surface area contributed by atoms with Crippen molar-refractivity contribution in [2.24, 2.45) is 0 Å². The highest BCUT2D eigenvalue weighted by Gasteiger charge is 2.33. The van der Waals surface area contributed by atoms with E-state index in [4.69, 9.17) is 13.6 Å². The van der Waals surface area contributed by atoms with E-state index >= 15 is 0 Å². The van der Waals surface area contributed by atoms with Crippen LogP contribution in [0.1, 0.15) is 39.2 Å². The van der Waals surface area contributed by atoms with Crippen molar-refractivity contribution in [3.8, 4) is 0 Å². The van der Waals surface area contributed by atoms with Gasteiger partial charge in [-0.05, 0) is 32.4 Å². The maximum Gasteiger partial charge on any atom is 0.530 e. The number of hydrogen-bond donors (Lipinski definition) is 0. The van der Waals surface area contributed by atoms with Gasteiger partial charge >= 0.3 is 7.82 Å². The van der Waals surface area contributed by atoms with Gasteiger partial charge in [0.15, 0.2) is 5.76 Å². The zero-order valence-electron chi connectivity index (χ0n) is 16.9. The minimum absolute atomic E-state index is 0.0125. The number of sulfone groups is 1. The predicted molar refractivity (Wildman–Crippen MR) is 114 cm³/mol. The molecule has 0 unspecified atom stereocenters. The van der Waals surface area contributed by atoms with Crippen LogP contribution in [0.3, 0.4) is 0 Å². The van der Waals surface area contributed by atoms with Gasteiger partial charge in [0.25, 0.3) is 0 Å². The summed E-state index contributed by atoms with van der Waals surface area (Å²) in [5.41, 5.74) is 0.482. The van der Waals surface area contributed by atoms with Crippen LogP contribution in [0.15, 0.2) is 70.5 Å². The molecule has 0 atom stereocenters. The van der Waals surface area contributed by atoms with E-state index in [-0.39, 0.29) is 35.2 Å². The van der Waals surface area contributed by atoms with Gasteiger partial charge < -0.3 is 4.52 Å². The largest absolute Gasteiger partial charge is 0.530 e. The summed E-state index contributed by atoms with van der Waals surface area (Å²) in [4.78, 5) is 0.181. The number of allylic oxidation sites excluding steroid dienone is 1. The molecule has 158 valence electrons. The van der Waals surface area contributed by atoms with Crippen molar-refractivity contribution in [3.05, 3.63) is 71.1 Å². The lowest BCUT2D eigenvalue weighted by atomic mass is 10.1. The third kappa shape index (κ3) is 6.03. The van der Waals surface area contributed by atoms with Gasteiger partial charge in [-0.1, -0.05) is 61.9 Å². The molecule has 0 saturated heterocycles. The Kier molecular flexibility index (Phi) is 8.65. The molecule has 0 aliphatic rings. The Balaban J connectivity index is 2.73. The smallest absolute Gasteiger partial charge is 0.402 e. The second-order valence-corrected chi connectivity index (χ2v) is 9.62. The molecule has 0 fully saturated rings. The quantitative estimate of drug-likeness (QED) is 0.325. The highest BCUT2D eigenvalue weighted by Crippen LogP contribution is 2.54. The molecular formula is C21H27O6PS. The first kappa shape index (κ1) is 23.4. The third-order valence-electron chi connectivity index (χ3n) is 3.92. The first-order valence-corrected chi connectivity index (χ1v) is 12.5. The predicted octanol–water partition coefficient (Wildman–Crippen LogP) is 5.83. The summed E-state index contributed by atoms with van der Waals surface area (Å²) in [7, 11) is -7.89. The summed E-state index contributed by atoms with van der Waals surface area (Å²) < 4.78 is 56.2. The molecule has 0 aliphatic carbocycles. The van der Waals surface area contributed by atoms with Gasteiger partial charge in [-0.2, -0.15) is 0 Å². The van der Waals surface area contributed by atoms with Gasteiger partial charge in [0.05, 0.1) is 23.0 Å². The molecule has 0 amide bonds. The van der Waals surface area contributed by atoms with Crippen LogP contribution in [-0.2, 0) is 28.0 Å². The molecule has 2 aromatic carbocycles. The molecule has 2 rings (SSSR count). The first-order chi connectivity index (χ1) is 13.9. The van der Waals surface area contributed by atoms with Crippen LogP contribution in [0.2, 0.25) is 0 Å². The van der Waals surface area contributed by atoms with Gasteiger partial charge in [0, 0.05) is 5.56 Å². The fourth-order valence-electron chi connectivity index (χ4n) is 2.71. The van der Waals surface area contributed by atoms with E-state index in [0.717, 1.165) is 0 Å². The van der Waals surface area contributed by atoms with E-state index in [1.165, 1.54) is 12.1 Å². The molecule has 0 heterocycles. The van der Waals surface area contributed by atoms with Crippen molar-refractivity contribution in [2.75, 3.05) is 13.2 Å². The molecule has 8 heteroatoms. The van der Waals surface area contributed by atoms with Crippen molar-refractivity contribution in [1.82, 2.24) is 0 Å². The Hall–Kier alpha value is -1.92. The van der Waals surface area contributed by atoms with E-state index in [0.29, 0.717) is 12.0 Å². The highest BCUT2D eigenvalue weighted by atomic mass is 32.2. The van der Waals surface area contributed by atoms with Crippen LogP contribution in [0.5, 0.6) is 0 Å². The molecule has 2 aromatic rings. The van der Waals surface area contributed by atoms with Crippen molar-refractivity contribution >= 4 is 23.4 Å². The number of phosphoric acid groups is 1. The van der Waals surface area contributed by atoms with Gasteiger partial charge in [-0.3, -0.25) is 9.05 Å². The van der Waals surface area contributed by atoms with E-state index in [1.54, 1.807) is 62.4 Å². The minimum Gasteiger partial charge on any atom is -0.402 e. The minimum atomic E-state index is -4.00. The van der Waals surface area contributed by atoms with Crippen LogP contribution >= 0.6 is 7.82 Å². The molecule has 0 bridgehead atoms. The molecule has 6 nitrogen and oxygen atoms in total. The summed E-state index contributed by atoms with van der Waals surface area (Å²) in [6.07, 6.45) is 0.758. The van der Waals surface area contributed by atoms with Crippen molar-refractivity contribution in [1.29, 1.82) is 0 Å². The molecule has 0 aromatic heterocycles. The molecular weight excluding hydrogens is 411 g/mol. The van der Waals surface area contributed by atoms with E-state index in [1.807, 2.05) is 6.92 Å². The number of hydrogen-bond acceptors (Lipinski definition) is 6. The average molecular weight is 438 g/mol. The fraction of sp³-hybridized carbons (Fsp3) is 0.333. The van der Waals surface area contributed by atoms with Crippen molar-refractivity contribution in [3.63, 3.8) is 0 Å². The summed E-state index contributed by atoms with van der Waals surface area (Å²) in [5, 5.41) is 0. The Bertz CT molecular complexity index is 945. The Labute approximate surface area is 173 Å². The second-order valence-electron chi connectivity index (χ2n) is 6.06. The molecule has 0 spiro atoms. The zero-order chi connectivity index (χ0) is 21.3. The van der Waals surface area contributed by atoms with Crippen LogP contribution in [0.4, 0.5) is 0 Å². The molecule has 29 heavy (non-hydrogen) atoms. The summed E-state index contributed by atoms with van der Waals surface area (Å²) in [6.45, 7) is 5.37. The van der Waals surface area contributed by atoms with Crippen LogP contribution < -0.4 is 0 Å². The van der Waals surface area contributed by atoms with E-state index in [2.05, 4.69) is 0 Å². The van der Waals surface area contributed by atoms with Crippen LogP contribution in [0.25, 0.3) is 5.76 Å². The van der Waals surface area contributed by atoms with Crippen LogP contribution in [-0.4, -0.2) is 21.6 Å². The van der Waals surface area contributed by atoms with Crippen molar-refractivity contribution in [2.45, 2.75) is 38.5 Å². The number of rotatable bonds is 11. The average Bonchev–Trinajstić information content (AvgIpc) is 2.72. The number of phosphoric ester groups is 1. The fourth-order valence-corrected chi connectivity index (χ4v) is 5.70. The summed E-state index contributed by atoms with van der Waals surface area (Å²) in [5.74, 6) is -0.0125. The lowest BCUT2D eigenvalue weighted by molar-refractivity contribution is 0.159. The van der Waals surface area contributed by atoms with Gasteiger partial charge in [-0.15, -0.1) is 0 Å². The van der Waals surface area contributed by atoms with Gasteiger partial charge in [-0.25, -0.2) is 13.0 Å². The Morgan fingerprint density at radius 1 is 0.862 bits per heavy atom. The maximum atomic E-state index is 13.4. The standard InChI is InChI=1S/C21H27O6PS/c1-4-13-20(29(23,24)19-16-11-8-12-17-19)21(18-14-9-7-10-15-18)27-28(22,25-5-2)26-6-3/h7-12,14-17H,4-6,13H2,1-3H3/b21-20-. The Morgan fingerprint density at radius 2 is 1.38 bits per heavy atom. The highest BCUT2D eigenvalue weighted by molar-refractivity contribution is 7.95. The zero-order valence-corrected chi connectivity index (χ0v) is 18.6.